The molecule has 2 heterocycles. The number of nitrogens with zero attached hydrogens (tertiary/aromatic N) is 4. The Labute approximate surface area is 186 Å². The Hall–Kier alpha value is -2.55. The quantitative estimate of drug-likeness (QED) is 0.370. The monoisotopic (exact) mass is 468 g/mol. The van der Waals surface area contributed by atoms with Crippen molar-refractivity contribution in [2.24, 2.45) is 0 Å². The summed E-state index contributed by atoms with van der Waals surface area (Å²) in [6, 6.07) is 8.29. The Morgan fingerprint density at radius 1 is 1.23 bits per heavy atom. The van der Waals surface area contributed by atoms with Gasteiger partial charge in [-0.15, -0.1) is 12.4 Å². The van der Waals surface area contributed by atoms with Crippen molar-refractivity contribution in [3.8, 4) is 0 Å². The summed E-state index contributed by atoms with van der Waals surface area (Å²) in [5, 5.41) is 0.885. The van der Waals surface area contributed by atoms with Crippen molar-refractivity contribution in [2.45, 2.75) is 13.0 Å². The summed E-state index contributed by atoms with van der Waals surface area (Å²) in [5.41, 5.74) is 0.375. The Balaban J connectivity index is 0.00000256. The summed E-state index contributed by atoms with van der Waals surface area (Å²) in [6.45, 7) is 0.923. The van der Waals surface area contributed by atoms with Gasteiger partial charge in [-0.3, -0.25) is 9.69 Å². The summed E-state index contributed by atoms with van der Waals surface area (Å²) in [7, 11) is 0. The van der Waals surface area contributed by atoms with Crippen LogP contribution >= 0.6 is 35.3 Å². The molecule has 0 aliphatic heterocycles. The SMILES string of the molecule is Cl.O=C(c1ccc(F)cc1F)N(CCCn1ccnc1)c1nc2c(Cl)cccc2s1. The highest BCUT2D eigenvalue weighted by Gasteiger charge is 2.24. The number of imidazole rings is 1. The number of aryl methyl sites for hydroxylation is 1. The van der Waals surface area contributed by atoms with Crippen molar-refractivity contribution < 1.29 is 13.6 Å². The van der Waals surface area contributed by atoms with Gasteiger partial charge in [0.25, 0.3) is 5.91 Å². The molecule has 0 atom stereocenters. The lowest BCUT2D eigenvalue weighted by atomic mass is 10.2. The molecule has 10 heteroatoms. The smallest absolute Gasteiger partial charge is 0.263 e. The first kappa shape index (κ1) is 22.1. The molecule has 156 valence electrons. The average Bonchev–Trinajstić information content (AvgIpc) is 3.35. The number of anilines is 1. The Morgan fingerprint density at radius 3 is 2.77 bits per heavy atom. The molecule has 0 aliphatic carbocycles. The zero-order valence-corrected chi connectivity index (χ0v) is 17.9. The van der Waals surface area contributed by atoms with Gasteiger partial charge >= 0.3 is 0 Å². The molecule has 1 amide bonds. The normalized spacial score (nSPS) is 10.8. The molecule has 0 saturated heterocycles. The second-order valence-electron chi connectivity index (χ2n) is 6.32. The maximum Gasteiger partial charge on any atom is 0.263 e. The van der Waals surface area contributed by atoms with Crippen molar-refractivity contribution in [3.63, 3.8) is 0 Å². The molecule has 2 aromatic heterocycles. The van der Waals surface area contributed by atoms with Crippen LogP contribution in [0.15, 0.2) is 55.1 Å². The maximum absolute atomic E-state index is 14.3. The van der Waals surface area contributed by atoms with Crippen LogP contribution in [-0.2, 0) is 6.54 Å². The molecule has 0 saturated carbocycles. The minimum Gasteiger partial charge on any atom is -0.337 e. The first-order valence-corrected chi connectivity index (χ1v) is 10.00. The van der Waals surface area contributed by atoms with Gasteiger partial charge in [0.05, 0.1) is 21.6 Å². The van der Waals surface area contributed by atoms with Crippen LogP contribution in [0.25, 0.3) is 10.2 Å². The zero-order valence-electron chi connectivity index (χ0n) is 15.5. The van der Waals surface area contributed by atoms with Crippen LogP contribution in [0.5, 0.6) is 0 Å². The molecule has 0 bridgehead atoms. The number of hydrogen-bond acceptors (Lipinski definition) is 4. The van der Waals surface area contributed by atoms with E-state index in [2.05, 4.69) is 9.97 Å². The lowest BCUT2D eigenvalue weighted by Crippen LogP contribution is -2.33. The summed E-state index contributed by atoms with van der Waals surface area (Å²) >= 11 is 7.51. The number of fused-ring (bicyclic) bond motifs is 1. The van der Waals surface area contributed by atoms with Gasteiger partial charge in [0.15, 0.2) is 5.13 Å². The standard InChI is InChI=1S/C20H15ClF2N4OS.ClH/c21-15-3-1-4-17-18(15)25-20(29-17)27(9-2-8-26-10-7-24-12-26)19(28)14-6-5-13(22)11-16(14)23;/h1,3-7,10-12H,2,8-9H2;1H. The minimum absolute atomic E-state index is 0. The van der Waals surface area contributed by atoms with Crippen LogP contribution in [0.4, 0.5) is 13.9 Å². The molecule has 0 N–H and O–H groups in total. The van der Waals surface area contributed by atoms with Crippen molar-refractivity contribution in [2.75, 3.05) is 11.4 Å². The predicted molar refractivity (Wildman–Crippen MR) is 117 cm³/mol. The van der Waals surface area contributed by atoms with Crippen LogP contribution in [-0.4, -0.2) is 27.0 Å². The third kappa shape index (κ3) is 4.61. The molecular weight excluding hydrogens is 453 g/mol. The summed E-state index contributed by atoms with van der Waals surface area (Å²) in [6.07, 6.45) is 5.77. The zero-order chi connectivity index (χ0) is 20.4. The fraction of sp³-hybridized carbons (Fsp3) is 0.150. The van der Waals surface area contributed by atoms with Gasteiger partial charge in [-0.25, -0.2) is 18.7 Å². The van der Waals surface area contributed by atoms with Crippen molar-refractivity contribution in [1.29, 1.82) is 0 Å². The number of halogens is 4. The van der Waals surface area contributed by atoms with Crippen molar-refractivity contribution >= 4 is 56.6 Å². The van der Waals surface area contributed by atoms with Crippen LogP contribution in [0.2, 0.25) is 5.02 Å². The van der Waals surface area contributed by atoms with Gasteiger partial charge in [-0.1, -0.05) is 29.0 Å². The van der Waals surface area contributed by atoms with E-state index < -0.39 is 17.5 Å². The maximum atomic E-state index is 14.3. The van der Waals surface area contributed by atoms with E-state index in [-0.39, 0.29) is 18.0 Å². The highest BCUT2D eigenvalue weighted by molar-refractivity contribution is 7.22. The number of carbonyl (C=O) groups excluding carboxylic acids is 1. The van der Waals surface area contributed by atoms with Crippen LogP contribution < -0.4 is 4.90 Å². The van der Waals surface area contributed by atoms with Gasteiger partial charge in [0.2, 0.25) is 0 Å². The first-order chi connectivity index (χ1) is 14.0. The van der Waals surface area contributed by atoms with E-state index in [1.165, 1.54) is 16.2 Å². The van der Waals surface area contributed by atoms with Gasteiger partial charge in [0.1, 0.15) is 17.2 Å². The number of para-hydroxylation sites is 1. The van der Waals surface area contributed by atoms with E-state index in [0.29, 0.717) is 41.2 Å². The van der Waals surface area contributed by atoms with Crippen molar-refractivity contribution in [3.05, 3.63) is 77.3 Å². The van der Waals surface area contributed by atoms with E-state index in [4.69, 9.17) is 11.6 Å². The Bertz CT molecular complexity index is 1170. The largest absolute Gasteiger partial charge is 0.337 e. The molecule has 0 radical (unpaired) electrons. The number of benzene rings is 2. The number of thiazole rings is 1. The predicted octanol–water partition coefficient (Wildman–Crippen LogP) is 5.58. The molecular formula is C20H16Cl2F2N4OS. The molecule has 5 nitrogen and oxygen atoms in total. The molecule has 4 aromatic rings. The minimum atomic E-state index is -0.909. The first-order valence-electron chi connectivity index (χ1n) is 8.80. The molecule has 4 rings (SSSR count). The van der Waals surface area contributed by atoms with E-state index in [9.17, 15) is 13.6 Å². The number of aromatic nitrogens is 3. The molecule has 2 aromatic carbocycles. The van der Waals surface area contributed by atoms with Gasteiger partial charge in [0, 0.05) is 31.5 Å². The summed E-state index contributed by atoms with van der Waals surface area (Å²) < 4.78 is 30.2. The second kappa shape index (κ2) is 9.51. The van der Waals surface area contributed by atoms with E-state index in [1.54, 1.807) is 24.7 Å². The number of carbonyl (C=O) groups is 1. The highest BCUT2D eigenvalue weighted by Crippen LogP contribution is 2.33. The molecule has 0 aliphatic rings. The number of amides is 1. The fourth-order valence-electron chi connectivity index (χ4n) is 2.94. The number of hydrogen-bond donors (Lipinski definition) is 0. The lowest BCUT2D eigenvalue weighted by molar-refractivity contribution is 0.0982. The van der Waals surface area contributed by atoms with E-state index in [0.717, 1.165) is 16.8 Å². The summed E-state index contributed by atoms with van der Waals surface area (Å²) in [5.74, 6) is -2.23. The molecule has 30 heavy (non-hydrogen) atoms. The lowest BCUT2D eigenvalue weighted by Gasteiger charge is -2.20. The van der Waals surface area contributed by atoms with Gasteiger partial charge in [-0.2, -0.15) is 0 Å². The van der Waals surface area contributed by atoms with E-state index in [1.807, 2.05) is 16.8 Å². The molecule has 0 spiro atoms. The van der Waals surface area contributed by atoms with Crippen molar-refractivity contribution in [1.82, 2.24) is 14.5 Å². The molecule has 0 fully saturated rings. The Morgan fingerprint density at radius 2 is 2.07 bits per heavy atom. The third-order valence-electron chi connectivity index (χ3n) is 4.35. The second-order valence-corrected chi connectivity index (χ2v) is 7.73. The van der Waals surface area contributed by atoms with Crippen LogP contribution in [0.3, 0.4) is 0 Å². The van der Waals surface area contributed by atoms with E-state index >= 15 is 0 Å². The summed E-state index contributed by atoms with van der Waals surface area (Å²) in [4.78, 5) is 23.0. The number of rotatable bonds is 6. The van der Waals surface area contributed by atoms with Gasteiger partial charge < -0.3 is 4.57 Å². The fourth-order valence-corrected chi connectivity index (χ4v) is 4.23. The van der Waals surface area contributed by atoms with Crippen LogP contribution in [0.1, 0.15) is 16.8 Å². The van der Waals surface area contributed by atoms with Crippen LogP contribution in [0, 0.1) is 11.6 Å². The highest BCUT2D eigenvalue weighted by atomic mass is 35.5. The Kier molecular flexibility index (Phi) is 7.02. The topological polar surface area (TPSA) is 51.0 Å². The third-order valence-corrected chi connectivity index (χ3v) is 5.70. The van der Waals surface area contributed by atoms with Gasteiger partial charge in [-0.05, 0) is 30.7 Å². The molecule has 0 unspecified atom stereocenters. The average molecular weight is 469 g/mol.